The van der Waals surface area contributed by atoms with E-state index in [9.17, 15) is 9.90 Å². The van der Waals surface area contributed by atoms with Gasteiger partial charge in [0.25, 0.3) is 0 Å². The molecule has 3 rings (SSSR count). The predicted octanol–water partition coefficient (Wildman–Crippen LogP) is 3.25. The fourth-order valence-corrected chi connectivity index (χ4v) is 4.64. The average molecular weight is 361 g/mol. The maximum Gasteiger partial charge on any atom is 0.308 e. The number of aliphatic hydroxyl groups excluding tert-OH is 1. The van der Waals surface area contributed by atoms with Crippen LogP contribution in [0.25, 0.3) is 0 Å². The molecule has 2 heterocycles. The first-order valence-corrected chi connectivity index (χ1v) is 9.41. The van der Waals surface area contributed by atoms with Gasteiger partial charge in [-0.1, -0.05) is 6.92 Å². The van der Waals surface area contributed by atoms with Gasteiger partial charge in [0.2, 0.25) is 0 Å². The summed E-state index contributed by atoms with van der Waals surface area (Å²) in [4.78, 5) is 14.0. The minimum Gasteiger partial charge on any atom is -0.487 e. The Hall–Kier alpha value is -1.75. The van der Waals surface area contributed by atoms with Crippen molar-refractivity contribution in [3.05, 3.63) is 22.3 Å². The van der Waals surface area contributed by atoms with Crippen LogP contribution in [-0.4, -0.2) is 43.0 Å². The third-order valence-electron chi connectivity index (χ3n) is 5.72. The number of esters is 1. The molecule has 144 valence electrons. The summed E-state index contributed by atoms with van der Waals surface area (Å²) in [5.74, 6) is 0.575. The van der Waals surface area contributed by atoms with Crippen molar-refractivity contribution >= 4 is 11.7 Å². The van der Waals surface area contributed by atoms with Gasteiger partial charge < -0.3 is 19.5 Å². The zero-order valence-corrected chi connectivity index (χ0v) is 17.0. The van der Waals surface area contributed by atoms with Crippen LogP contribution in [-0.2, 0) is 16.0 Å². The number of rotatable bonds is 3. The summed E-state index contributed by atoms with van der Waals surface area (Å²) in [5.41, 5.74) is 5.72. The van der Waals surface area contributed by atoms with Gasteiger partial charge in [-0.05, 0) is 38.8 Å². The molecule has 2 aliphatic rings. The number of anilines is 1. The Morgan fingerprint density at radius 2 is 1.88 bits per heavy atom. The first kappa shape index (κ1) is 19.0. The smallest absolute Gasteiger partial charge is 0.308 e. The molecule has 5 heteroatoms. The molecule has 0 bridgehead atoms. The van der Waals surface area contributed by atoms with Crippen LogP contribution in [0.1, 0.15) is 61.8 Å². The Morgan fingerprint density at radius 3 is 2.46 bits per heavy atom. The Kier molecular flexibility index (Phi) is 4.72. The average Bonchev–Trinajstić information content (AvgIpc) is 2.81. The number of aliphatic hydroxyl groups is 1. The van der Waals surface area contributed by atoms with E-state index in [0.717, 1.165) is 23.3 Å². The number of fused-ring (bicyclic) bond motifs is 1. The fraction of sp³-hybridized carbons (Fsp3) is 0.667. The lowest BCUT2D eigenvalue weighted by molar-refractivity contribution is -0.161. The molecule has 3 atom stereocenters. The highest BCUT2D eigenvalue weighted by Gasteiger charge is 2.40. The molecule has 0 spiro atoms. The van der Waals surface area contributed by atoms with Crippen molar-refractivity contribution in [3.8, 4) is 5.75 Å². The highest BCUT2D eigenvalue weighted by Crippen LogP contribution is 2.49. The maximum absolute atomic E-state index is 11.8. The lowest BCUT2D eigenvalue weighted by atomic mass is 9.83. The van der Waals surface area contributed by atoms with Crippen molar-refractivity contribution in [2.75, 3.05) is 19.0 Å². The topological polar surface area (TPSA) is 59.0 Å². The first-order chi connectivity index (χ1) is 12.0. The summed E-state index contributed by atoms with van der Waals surface area (Å²) >= 11 is 0. The molecule has 0 saturated carbocycles. The Morgan fingerprint density at radius 1 is 1.23 bits per heavy atom. The highest BCUT2D eigenvalue weighted by atomic mass is 16.5. The standard InChI is InChI=1S/C21H31NO4/c1-11-15-10-21(4,5)26-20(15)18(13(3)19(11)22(6)7)12(2)16-8-14(23)9-17(24)25-16/h12,14,16,23H,8-10H2,1-7H3/t12?,14-,16+/m1/s1. The summed E-state index contributed by atoms with van der Waals surface area (Å²) in [6.45, 7) is 10.6. The van der Waals surface area contributed by atoms with Gasteiger partial charge in [0.15, 0.2) is 0 Å². The quantitative estimate of drug-likeness (QED) is 0.838. The van der Waals surface area contributed by atoms with Gasteiger partial charge in [-0.3, -0.25) is 4.79 Å². The number of nitrogens with zero attached hydrogens (tertiary/aromatic N) is 1. The zero-order chi connectivity index (χ0) is 19.4. The molecule has 0 aliphatic carbocycles. The number of hydrogen-bond acceptors (Lipinski definition) is 5. The normalized spacial score (nSPS) is 25.3. The fourth-order valence-electron chi connectivity index (χ4n) is 4.64. The Bertz CT molecular complexity index is 738. The molecule has 1 fully saturated rings. The van der Waals surface area contributed by atoms with Crippen LogP contribution in [0.4, 0.5) is 5.69 Å². The largest absolute Gasteiger partial charge is 0.487 e. The number of carbonyl (C=O) groups is 1. The third kappa shape index (κ3) is 3.18. The maximum atomic E-state index is 11.8. The van der Waals surface area contributed by atoms with Crippen LogP contribution in [0.15, 0.2) is 0 Å². The molecule has 0 aromatic heterocycles. The second-order valence-corrected chi connectivity index (χ2v) is 8.66. The molecule has 1 aromatic carbocycles. The van der Waals surface area contributed by atoms with E-state index in [1.165, 1.54) is 16.8 Å². The predicted molar refractivity (Wildman–Crippen MR) is 102 cm³/mol. The molecule has 1 saturated heterocycles. The van der Waals surface area contributed by atoms with Crippen LogP contribution in [0.3, 0.4) is 0 Å². The van der Waals surface area contributed by atoms with Crippen LogP contribution in [0, 0.1) is 13.8 Å². The summed E-state index contributed by atoms with van der Waals surface area (Å²) in [7, 11) is 4.11. The molecular weight excluding hydrogens is 330 g/mol. The molecular formula is C21H31NO4. The van der Waals surface area contributed by atoms with E-state index in [1.54, 1.807) is 0 Å². The van der Waals surface area contributed by atoms with Gasteiger partial charge in [0.05, 0.1) is 12.5 Å². The monoisotopic (exact) mass is 361 g/mol. The minimum absolute atomic E-state index is 0.0455. The SMILES string of the molecule is Cc1c2c(c(C(C)[C@@H]3C[C@@H](O)CC(=O)O3)c(C)c1N(C)C)OC(C)(C)C2. The lowest BCUT2D eigenvalue weighted by Crippen LogP contribution is -2.36. The van der Waals surface area contributed by atoms with E-state index in [1.807, 2.05) is 0 Å². The second kappa shape index (κ2) is 6.45. The van der Waals surface area contributed by atoms with Crippen molar-refractivity contribution in [2.24, 2.45) is 0 Å². The minimum atomic E-state index is -0.631. The first-order valence-electron chi connectivity index (χ1n) is 9.41. The number of hydrogen-bond donors (Lipinski definition) is 1. The van der Waals surface area contributed by atoms with E-state index in [2.05, 4.69) is 53.6 Å². The molecule has 1 unspecified atom stereocenters. The van der Waals surface area contributed by atoms with Gasteiger partial charge in [-0.2, -0.15) is 0 Å². The Balaban J connectivity index is 2.13. The van der Waals surface area contributed by atoms with Gasteiger partial charge in [-0.25, -0.2) is 0 Å². The van der Waals surface area contributed by atoms with Crippen molar-refractivity contribution in [2.45, 2.75) is 77.6 Å². The molecule has 26 heavy (non-hydrogen) atoms. The number of benzene rings is 1. The molecule has 1 N–H and O–H groups in total. The number of cyclic esters (lactones) is 1. The molecule has 0 radical (unpaired) electrons. The van der Waals surface area contributed by atoms with Crippen LogP contribution in [0.5, 0.6) is 5.75 Å². The van der Waals surface area contributed by atoms with Gasteiger partial charge in [0, 0.05) is 49.7 Å². The van der Waals surface area contributed by atoms with Crippen molar-refractivity contribution in [1.82, 2.24) is 0 Å². The van der Waals surface area contributed by atoms with Gasteiger partial charge >= 0.3 is 5.97 Å². The van der Waals surface area contributed by atoms with E-state index < -0.39 is 6.10 Å². The molecule has 1 aromatic rings. The summed E-state index contributed by atoms with van der Waals surface area (Å²) in [6, 6.07) is 0. The van der Waals surface area contributed by atoms with Crippen molar-refractivity contribution in [3.63, 3.8) is 0 Å². The van der Waals surface area contributed by atoms with E-state index in [4.69, 9.17) is 9.47 Å². The molecule has 0 amide bonds. The summed E-state index contributed by atoms with van der Waals surface area (Å²) < 4.78 is 12.0. The number of carbonyl (C=O) groups excluding carboxylic acids is 1. The van der Waals surface area contributed by atoms with E-state index in [-0.39, 0.29) is 30.0 Å². The Labute approximate surface area is 156 Å². The van der Waals surface area contributed by atoms with Crippen molar-refractivity contribution in [1.29, 1.82) is 0 Å². The molecule has 2 aliphatic heterocycles. The van der Waals surface area contributed by atoms with Crippen molar-refractivity contribution < 1.29 is 19.4 Å². The van der Waals surface area contributed by atoms with Gasteiger partial charge in [0.1, 0.15) is 17.5 Å². The lowest BCUT2D eigenvalue weighted by Gasteiger charge is -2.33. The summed E-state index contributed by atoms with van der Waals surface area (Å²) in [6.07, 6.45) is 0.450. The zero-order valence-electron chi connectivity index (χ0n) is 17.0. The third-order valence-corrected chi connectivity index (χ3v) is 5.72. The van der Waals surface area contributed by atoms with E-state index >= 15 is 0 Å². The van der Waals surface area contributed by atoms with Gasteiger partial charge in [-0.15, -0.1) is 0 Å². The van der Waals surface area contributed by atoms with Crippen LogP contribution in [0.2, 0.25) is 0 Å². The van der Waals surface area contributed by atoms with Crippen LogP contribution >= 0.6 is 0 Å². The number of ether oxygens (including phenoxy) is 2. The van der Waals surface area contributed by atoms with E-state index in [0.29, 0.717) is 6.42 Å². The molecule has 5 nitrogen and oxygen atoms in total. The second-order valence-electron chi connectivity index (χ2n) is 8.66. The van der Waals surface area contributed by atoms with Crippen LogP contribution < -0.4 is 9.64 Å². The summed E-state index contributed by atoms with van der Waals surface area (Å²) in [5, 5.41) is 10.0. The highest BCUT2D eigenvalue weighted by molar-refractivity contribution is 5.72.